The Morgan fingerprint density at radius 2 is 1.64 bits per heavy atom. The highest BCUT2D eigenvalue weighted by Crippen LogP contribution is 2.23. The molecular weight excluding hydrogens is 321 g/mol. The number of nitrogens with zero attached hydrogens (tertiary/aromatic N) is 2. The number of nitrogens with one attached hydrogen (secondary N) is 1. The number of rotatable bonds is 3. The summed E-state index contributed by atoms with van der Waals surface area (Å²) in [5.74, 6) is 1.04. The van der Waals surface area contributed by atoms with Crippen molar-refractivity contribution < 1.29 is 4.79 Å². The van der Waals surface area contributed by atoms with Crippen molar-refractivity contribution in [3.63, 3.8) is 0 Å². The van der Waals surface area contributed by atoms with E-state index in [9.17, 15) is 4.79 Å². The molecule has 3 aliphatic rings. The van der Waals surface area contributed by atoms with E-state index in [1.165, 1.54) is 51.6 Å². The zero-order valence-corrected chi connectivity index (χ0v) is 15.1. The van der Waals surface area contributed by atoms with Crippen LogP contribution in [0, 0.1) is 5.92 Å². The molecule has 0 aromatic heterocycles. The second kappa shape index (κ2) is 9.96. The van der Waals surface area contributed by atoms with E-state index >= 15 is 0 Å². The Hall–Kier alpha value is -0.0300. The third-order valence-electron chi connectivity index (χ3n) is 5.35. The molecule has 130 valence electrons. The fourth-order valence-electron chi connectivity index (χ4n) is 4.01. The van der Waals surface area contributed by atoms with Crippen LogP contribution in [0.1, 0.15) is 44.9 Å². The van der Waals surface area contributed by atoms with Crippen LogP contribution in [-0.2, 0) is 4.79 Å². The largest absolute Gasteiger partial charge is 0.341 e. The molecule has 0 aromatic rings. The van der Waals surface area contributed by atoms with Crippen LogP contribution < -0.4 is 5.32 Å². The fraction of sp³-hybridized carbons (Fsp3) is 0.938. The van der Waals surface area contributed by atoms with Crippen LogP contribution in [0.3, 0.4) is 0 Å². The zero-order chi connectivity index (χ0) is 13.8. The molecule has 3 aliphatic heterocycles. The molecule has 3 saturated heterocycles. The second-order valence-corrected chi connectivity index (χ2v) is 6.78. The maximum atomic E-state index is 12.4. The number of likely N-dealkylation sites (tertiary alicyclic amines) is 2. The number of carbonyl (C=O) groups excluding carboxylic acids is 1. The van der Waals surface area contributed by atoms with Gasteiger partial charge in [-0.15, -0.1) is 24.8 Å². The number of halogens is 2. The van der Waals surface area contributed by atoms with Crippen LogP contribution in [0.25, 0.3) is 0 Å². The summed E-state index contributed by atoms with van der Waals surface area (Å²) >= 11 is 0. The topological polar surface area (TPSA) is 35.6 Å². The fourth-order valence-corrected chi connectivity index (χ4v) is 4.01. The van der Waals surface area contributed by atoms with Gasteiger partial charge < -0.3 is 10.2 Å². The van der Waals surface area contributed by atoms with Gasteiger partial charge in [0.15, 0.2) is 0 Å². The molecule has 1 amide bonds. The minimum Gasteiger partial charge on any atom is -0.341 e. The first-order valence-corrected chi connectivity index (χ1v) is 8.55. The van der Waals surface area contributed by atoms with Gasteiger partial charge in [0, 0.05) is 25.6 Å². The Labute approximate surface area is 147 Å². The molecule has 1 N–H and O–H groups in total. The first-order valence-electron chi connectivity index (χ1n) is 8.55. The van der Waals surface area contributed by atoms with Crippen molar-refractivity contribution in [2.24, 2.45) is 5.92 Å². The zero-order valence-electron chi connectivity index (χ0n) is 13.5. The average Bonchev–Trinajstić information content (AvgIpc) is 2.99. The summed E-state index contributed by atoms with van der Waals surface area (Å²) in [6, 6.07) is 0.646. The average molecular weight is 352 g/mol. The molecule has 6 heteroatoms. The van der Waals surface area contributed by atoms with E-state index in [0.717, 1.165) is 32.6 Å². The highest BCUT2D eigenvalue weighted by molar-refractivity contribution is 5.85. The van der Waals surface area contributed by atoms with Gasteiger partial charge in [0.2, 0.25) is 5.91 Å². The Morgan fingerprint density at radius 3 is 2.32 bits per heavy atom. The molecule has 0 spiro atoms. The van der Waals surface area contributed by atoms with Crippen molar-refractivity contribution >= 4 is 30.7 Å². The molecule has 3 rings (SSSR count). The number of carbonyl (C=O) groups is 1. The molecule has 4 nitrogen and oxygen atoms in total. The quantitative estimate of drug-likeness (QED) is 0.847. The Bertz CT molecular complexity index is 331. The van der Waals surface area contributed by atoms with Gasteiger partial charge in [-0.25, -0.2) is 0 Å². The lowest BCUT2D eigenvalue weighted by molar-refractivity contribution is -0.131. The van der Waals surface area contributed by atoms with Crippen LogP contribution >= 0.6 is 24.8 Å². The van der Waals surface area contributed by atoms with Crippen molar-refractivity contribution in [1.82, 2.24) is 15.1 Å². The SMILES string of the molecule is Cl.Cl.O=C(CC1CCNCC1)N1CCC(N2CCCCC2)C1. The Balaban J connectivity index is 0.00000121. The summed E-state index contributed by atoms with van der Waals surface area (Å²) in [4.78, 5) is 17.2. The van der Waals surface area contributed by atoms with Crippen LogP contribution in [0.5, 0.6) is 0 Å². The summed E-state index contributed by atoms with van der Waals surface area (Å²) in [5.41, 5.74) is 0. The molecule has 0 aromatic carbocycles. The third-order valence-corrected chi connectivity index (χ3v) is 5.35. The van der Waals surface area contributed by atoms with E-state index < -0.39 is 0 Å². The van der Waals surface area contributed by atoms with E-state index in [0.29, 0.717) is 17.9 Å². The normalized spacial score (nSPS) is 27.1. The van der Waals surface area contributed by atoms with Gasteiger partial charge in [-0.3, -0.25) is 9.69 Å². The van der Waals surface area contributed by atoms with Crippen molar-refractivity contribution in [1.29, 1.82) is 0 Å². The maximum absolute atomic E-state index is 12.4. The molecular formula is C16H31Cl2N3O. The standard InChI is InChI=1S/C16H29N3O.2ClH/c20-16(12-14-4-7-17-8-5-14)19-11-6-15(13-19)18-9-2-1-3-10-18;;/h14-15,17H,1-13H2;2*1H. The minimum absolute atomic E-state index is 0. The molecule has 1 atom stereocenters. The molecule has 0 radical (unpaired) electrons. The smallest absolute Gasteiger partial charge is 0.222 e. The number of hydrogen-bond acceptors (Lipinski definition) is 3. The Morgan fingerprint density at radius 1 is 0.955 bits per heavy atom. The summed E-state index contributed by atoms with van der Waals surface area (Å²) in [6.45, 7) is 6.67. The predicted molar refractivity (Wildman–Crippen MR) is 95.1 cm³/mol. The lowest BCUT2D eigenvalue weighted by atomic mass is 9.94. The summed E-state index contributed by atoms with van der Waals surface area (Å²) in [5, 5.41) is 3.38. The predicted octanol–water partition coefficient (Wildman–Crippen LogP) is 2.31. The van der Waals surface area contributed by atoms with E-state index in [4.69, 9.17) is 0 Å². The van der Waals surface area contributed by atoms with Gasteiger partial charge in [0.25, 0.3) is 0 Å². The van der Waals surface area contributed by atoms with Crippen LogP contribution in [0.2, 0.25) is 0 Å². The van der Waals surface area contributed by atoms with Gasteiger partial charge >= 0.3 is 0 Å². The van der Waals surface area contributed by atoms with Crippen molar-refractivity contribution in [2.45, 2.75) is 51.0 Å². The lowest BCUT2D eigenvalue weighted by Crippen LogP contribution is -2.42. The summed E-state index contributed by atoms with van der Waals surface area (Å²) in [6.07, 6.45) is 8.41. The van der Waals surface area contributed by atoms with Gasteiger partial charge in [0.1, 0.15) is 0 Å². The van der Waals surface area contributed by atoms with Crippen LogP contribution in [0.15, 0.2) is 0 Å². The summed E-state index contributed by atoms with van der Waals surface area (Å²) in [7, 11) is 0. The van der Waals surface area contributed by atoms with Crippen molar-refractivity contribution in [3.8, 4) is 0 Å². The van der Waals surface area contributed by atoms with Gasteiger partial charge in [0.05, 0.1) is 0 Å². The number of piperidine rings is 2. The van der Waals surface area contributed by atoms with Crippen molar-refractivity contribution in [2.75, 3.05) is 39.3 Å². The molecule has 22 heavy (non-hydrogen) atoms. The van der Waals surface area contributed by atoms with E-state index in [1.807, 2.05) is 0 Å². The second-order valence-electron chi connectivity index (χ2n) is 6.78. The molecule has 0 bridgehead atoms. The van der Waals surface area contributed by atoms with Crippen LogP contribution in [-0.4, -0.2) is 61.0 Å². The summed E-state index contributed by atoms with van der Waals surface area (Å²) < 4.78 is 0. The highest BCUT2D eigenvalue weighted by atomic mass is 35.5. The first kappa shape index (κ1) is 20.0. The van der Waals surface area contributed by atoms with Gasteiger partial charge in [-0.05, 0) is 64.2 Å². The third kappa shape index (κ3) is 5.26. The molecule has 0 saturated carbocycles. The monoisotopic (exact) mass is 351 g/mol. The lowest BCUT2D eigenvalue weighted by Gasteiger charge is -2.32. The molecule has 3 fully saturated rings. The van der Waals surface area contributed by atoms with Gasteiger partial charge in [-0.2, -0.15) is 0 Å². The first-order chi connectivity index (χ1) is 9.83. The molecule has 1 unspecified atom stereocenters. The highest BCUT2D eigenvalue weighted by Gasteiger charge is 2.31. The number of amides is 1. The van der Waals surface area contributed by atoms with Gasteiger partial charge in [-0.1, -0.05) is 6.42 Å². The van der Waals surface area contributed by atoms with E-state index in [2.05, 4.69) is 15.1 Å². The van der Waals surface area contributed by atoms with Crippen molar-refractivity contribution in [3.05, 3.63) is 0 Å². The Kier molecular flexibility index (Phi) is 9.07. The molecule has 3 heterocycles. The minimum atomic E-state index is 0. The van der Waals surface area contributed by atoms with E-state index in [1.54, 1.807) is 0 Å². The maximum Gasteiger partial charge on any atom is 0.222 e. The van der Waals surface area contributed by atoms with Crippen LogP contribution in [0.4, 0.5) is 0 Å². The number of hydrogen-bond donors (Lipinski definition) is 1. The molecule has 0 aliphatic carbocycles. The van der Waals surface area contributed by atoms with E-state index in [-0.39, 0.29) is 24.8 Å².